The van der Waals surface area contributed by atoms with Crippen LogP contribution in [-0.4, -0.2) is 6.54 Å². The van der Waals surface area contributed by atoms with E-state index in [9.17, 15) is 8.78 Å². The van der Waals surface area contributed by atoms with Gasteiger partial charge in [0.1, 0.15) is 23.5 Å². The van der Waals surface area contributed by atoms with E-state index in [-0.39, 0.29) is 12.3 Å². The van der Waals surface area contributed by atoms with Crippen LogP contribution in [-0.2, 0) is 0 Å². The lowest BCUT2D eigenvalue weighted by Gasteiger charge is -2.16. The van der Waals surface area contributed by atoms with E-state index in [0.29, 0.717) is 0 Å². The Bertz CT molecular complexity index is 526. The lowest BCUT2D eigenvalue weighted by Crippen LogP contribution is -2.17. The summed E-state index contributed by atoms with van der Waals surface area (Å²) in [7, 11) is 0. The van der Waals surface area contributed by atoms with Crippen molar-refractivity contribution in [3.63, 3.8) is 0 Å². The molecule has 0 spiro atoms. The van der Waals surface area contributed by atoms with E-state index >= 15 is 0 Å². The molecule has 1 heterocycles. The molecule has 1 aromatic heterocycles. The van der Waals surface area contributed by atoms with Gasteiger partial charge in [-0.3, -0.25) is 0 Å². The van der Waals surface area contributed by atoms with Crippen molar-refractivity contribution >= 4 is 27.3 Å². The Labute approximate surface area is 116 Å². The molecule has 2 rings (SSSR count). The molecule has 18 heavy (non-hydrogen) atoms. The van der Waals surface area contributed by atoms with Crippen LogP contribution in [0.2, 0.25) is 0 Å². The van der Waals surface area contributed by atoms with Crippen molar-refractivity contribution in [2.45, 2.75) is 6.10 Å². The Morgan fingerprint density at radius 1 is 1.22 bits per heavy atom. The van der Waals surface area contributed by atoms with Crippen LogP contribution in [0.15, 0.2) is 34.1 Å². The molecule has 1 aromatic carbocycles. The SMILES string of the molecule is NCC(Oc1cc(F)cc(F)c1)c1ccc(Br)s1. The molecular weight excluding hydrogens is 324 g/mol. The van der Waals surface area contributed by atoms with Crippen LogP contribution in [0.25, 0.3) is 0 Å². The Kier molecular flexibility index (Phi) is 4.31. The van der Waals surface area contributed by atoms with Gasteiger partial charge in [-0.15, -0.1) is 11.3 Å². The summed E-state index contributed by atoms with van der Waals surface area (Å²) in [6.07, 6.45) is -0.414. The third-order valence-corrected chi connectivity index (χ3v) is 3.96. The zero-order valence-electron chi connectivity index (χ0n) is 9.20. The standard InChI is InChI=1S/C12H10BrF2NOS/c13-12-2-1-11(18-12)10(6-16)17-9-4-7(14)3-8(15)5-9/h1-5,10H,6,16H2. The molecule has 0 fully saturated rings. The van der Waals surface area contributed by atoms with Crippen molar-refractivity contribution in [2.75, 3.05) is 6.54 Å². The van der Waals surface area contributed by atoms with Crippen LogP contribution < -0.4 is 10.5 Å². The molecule has 0 radical (unpaired) electrons. The zero-order chi connectivity index (χ0) is 13.1. The van der Waals surface area contributed by atoms with Crippen molar-refractivity contribution in [3.8, 4) is 5.75 Å². The van der Waals surface area contributed by atoms with Gasteiger partial charge in [0.05, 0.1) is 3.79 Å². The van der Waals surface area contributed by atoms with Gasteiger partial charge in [-0.25, -0.2) is 8.78 Å². The third kappa shape index (κ3) is 3.28. The summed E-state index contributed by atoms with van der Waals surface area (Å²) in [6, 6.07) is 6.80. The molecule has 2 nitrogen and oxygen atoms in total. The van der Waals surface area contributed by atoms with E-state index in [4.69, 9.17) is 10.5 Å². The first kappa shape index (κ1) is 13.5. The Morgan fingerprint density at radius 3 is 2.39 bits per heavy atom. The highest BCUT2D eigenvalue weighted by Gasteiger charge is 2.14. The topological polar surface area (TPSA) is 35.2 Å². The first-order valence-corrected chi connectivity index (χ1v) is 6.77. The Balaban J connectivity index is 2.20. The first-order chi connectivity index (χ1) is 8.58. The fraction of sp³-hybridized carbons (Fsp3) is 0.167. The fourth-order valence-electron chi connectivity index (χ4n) is 1.48. The molecule has 1 atom stereocenters. The van der Waals surface area contributed by atoms with Gasteiger partial charge in [-0.05, 0) is 28.1 Å². The number of thiophene rings is 1. The molecule has 0 aliphatic heterocycles. The van der Waals surface area contributed by atoms with E-state index in [0.717, 1.165) is 26.9 Å². The average Bonchev–Trinajstić information content (AvgIpc) is 2.71. The number of nitrogens with two attached hydrogens (primary N) is 1. The van der Waals surface area contributed by atoms with Gasteiger partial charge in [0, 0.05) is 29.6 Å². The van der Waals surface area contributed by atoms with Crippen LogP contribution >= 0.6 is 27.3 Å². The summed E-state index contributed by atoms with van der Waals surface area (Å²) < 4.78 is 32.5. The highest BCUT2D eigenvalue weighted by atomic mass is 79.9. The molecule has 0 aliphatic rings. The summed E-state index contributed by atoms with van der Waals surface area (Å²) in [5.74, 6) is -1.21. The van der Waals surface area contributed by atoms with Crippen LogP contribution in [0.5, 0.6) is 5.75 Å². The smallest absolute Gasteiger partial charge is 0.145 e. The van der Waals surface area contributed by atoms with Gasteiger partial charge >= 0.3 is 0 Å². The zero-order valence-corrected chi connectivity index (χ0v) is 11.6. The summed E-state index contributed by atoms with van der Waals surface area (Å²) >= 11 is 4.81. The van der Waals surface area contributed by atoms with Crippen molar-refractivity contribution in [1.29, 1.82) is 0 Å². The van der Waals surface area contributed by atoms with Crippen molar-refractivity contribution in [2.24, 2.45) is 5.73 Å². The van der Waals surface area contributed by atoms with Gasteiger partial charge in [-0.2, -0.15) is 0 Å². The number of rotatable bonds is 4. The highest BCUT2D eigenvalue weighted by molar-refractivity contribution is 9.11. The molecule has 2 N–H and O–H groups in total. The fourth-order valence-corrected chi connectivity index (χ4v) is 2.95. The Hall–Kier alpha value is -0.980. The van der Waals surface area contributed by atoms with Crippen molar-refractivity contribution in [1.82, 2.24) is 0 Å². The van der Waals surface area contributed by atoms with Crippen molar-refractivity contribution < 1.29 is 13.5 Å². The lowest BCUT2D eigenvalue weighted by molar-refractivity contribution is 0.216. The van der Waals surface area contributed by atoms with Crippen LogP contribution in [0.3, 0.4) is 0 Å². The van der Waals surface area contributed by atoms with Crippen LogP contribution in [0.4, 0.5) is 8.78 Å². The summed E-state index contributed by atoms with van der Waals surface area (Å²) in [5, 5.41) is 0. The average molecular weight is 334 g/mol. The minimum atomic E-state index is -0.673. The van der Waals surface area contributed by atoms with Gasteiger partial charge < -0.3 is 10.5 Å². The summed E-state index contributed by atoms with van der Waals surface area (Å²) in [4.78, 5) is 0.897. The predicted molar refractivity (Wildman–Crippen MR) is 70.8 cm³/mol. The second kappa shape index (κ2) is 5.77. The molecule has 6 heteroatoms. The van der Waals surface area contributed by atoms with E-state index in [1.54, 1.807) is 0 Å². The molecule has 1 unspecified atom stereocenters. The normalized spacial score (nSPS) is 12.4. The Morgan fingerprint density at radius 2 is 1.89 bits per heavy atom. The largest absolute Gasteiger partial charge is 0.483 e. The number of halogens is 3. The van der Waals surface area contributed by atoms with Gasteiger partial charge in [0.15, 0.2) is 0 Å². The first-order valence-electron chi connectivity index (χ1n) is 5.16. The second-order valence-electron chi connectivity index (χ2n) is 3.59. The quantitative estimate of drug-likeness (QED) is 0.921. The molecular formula is C12H10BrF2NOS. The minimum Gasteiger partial charge on any atom is -0.483 e. The maximum atomic E-state index is 13.0. The number of hydrogen-bond donors (Lipinski definition) is 1. The molecule has 0 saturated carbocycles. The molecule has 2 aromatic rings. The van der Waals surface area contributed by atoms with Crippen LogP contribution in [0, 0.1) is 11.6 Å². The number of hydrogen-bond acceptors (Lipinski definition) is 3. The predicted octanol–water partition coefficient (Wildman–Crippen LogP) is 3.87. The van der Waals surface area contributed by atoms with Gasteiger partial charge in [-0.1, -0.05) is 0 Å². The lowest BCUT2D eigenvalue weighted by atomic mass is 10.2. The van der Waals surface area contributed by atoms with E-state index < -0.39 is 17.7 Å². The van der Waals surface area contributed by atoms with E-state index in [1.165, 1.54) is 11.3 Å². The maximum Gasteiger partial charge on any atom is 0.145 e. The highest BCUT2D eigenvalue weighted by Crippen LogP contribution is 2.30. The van der Waals surface area contributed by atoms with E-state index in [2.05, 4.69) is 15.9 Å². The minimum absolute atomic E-state index is 0.132. The second-order valence-corrected chi connectivity index (χ2v) is 6.08. The molecule has 0 amide bonds. The van der Waals surface area contributed by atoms with Crippen molar-refractivity contribution in [3.05, 3.63) is 50.6 Å². The maximum absolute atomic E-state index is 13.0. The molecule has 0 aliphatic carbocycles. The van der Waals surface area contributed by atoms with E-state index in [1.807, 2.05) is 12.1 Å². The molecule has 0 saturated heterocycles. The third-order valence-electron chi connectivity index (χ3n) is 2.24. The van der Waals surface area contributed by atoms with Gasteiger partial charge in [0.25, 0.3) is 0 Å². The molecule has 0 bridgehead atoms. The number of benzene rings is 1. The van der Waals surface area contributed by atoms with Gasteiger partial charge in [0.2, 0.25) is 0 Å². The summed E-state index contributed by atoms with van der Waals surface area (Å²) in [5.41, 5.74) is 5.62. The summed E-state index contributed by atoms with van der Waals surface area (Å²) in [6.45, 7) is 0.227. The van der Waals surface area contributed by atoms with Crippen LogP contribution in [0.1, 0.15) is 11.0 Å². The molecule has 96 valence electrons. The monoisotopic (exact) mass is 333 g/mol. The number of ether oxygens (including phenoxy) is 1.